The predicted molar refractivity (Wildman–Crippen MR) is 60.1 cm³/mol. The number of amides is 1. The van der Waals surface area contributed by atoms with Crippen LogP contribution in [0.15, 0.2) is 0 Å². The number of halogens is 1. The summed E-state index contributed by atoms with van der Waals surface area (Å²) in [6.45, 7) is 0. The maximum atomic E-state index is 11.6. The summed E-state index contributed by atoms with van der Waals surface area (Å²) < 4.78 is 4.54. The molecule has 16 heavy (non-hydrogen) atoms. The Morgan fingerprint density at radius 1 is 1.62 bits per heavy atom. The van der Waals surface area contributed by atoms with E-state index in [1.165, 1.54) is 7.11 Å². The number of methoxy groups -OCH3 is 1. The van der Waals surface area contributed by atoms with Gasteiger partial charge in [0.05, 0.1) is 12.6 Å². The van der Waals surface area contributed by atoms with Crippen LogP contribution in [0.25, 0.3) is 0 Å². The standard InChI is InChI=1S/C10H16N2O3.ClH/c1-15-8(13)3-2-6-4-10(5-7(10)11)12-9(6)14;/h6-7H,2-5,11H2,1H3,(H,12,14);1H/t6-,7+,10+;/m1./s1. The largest absolute Gasteiger partial charge is 0.469 e. The van der Waals surface area contributed by atoms with Gasteiger partial charge in [-0.15, -0.1) is 12.4 Å². The van der Waals surface area contributed by atoms with Crippen molar-refractivity contribution < 1.29 is 14.3 Å². The zero-order valence-corrected chi connectivity index (χ0v) is 10.0. The molecule has 1 amide bonds. The maximum Gasteiger partial charge on any atom is 0.305 e. The van der Waals surface area contributed by atoms with E-state index in [9.17, 15) is 9.59 Å². The van der Waals surface area contributed by atoms with E-state index in [2.05, 4.69) is 10.1 Å². The van der Waals surface area contributed by atoms with Gasteiger partial charge in [0, 0.05) is 18.4 Å². The van der Waals surface area contributed by atoms with E-state index in [0.29, 0.717) is 12.8 Å². The third kappa shape index (κ3) is 2.30. The molecule has 3 N–H and O–H groups in total. The Hall–Kier alpha value is -0.810. The summed E-state index contributed by atoms with van der Waals surface area (Å²) in [5.41, 5.74) is 5.62. The van der Waals surface area contributed by atoms with Crippen molar-refractivity contribution in [1.82, 2.24) is 5.32 Å². The molecule has 1 aliphatic carbocycles. The number of ether oxygens (including phenoxy) is 1. The van der Waals surface area contributed by atoms with Crippen LogP contribution in [0.3, 0.4) is 0 Å². The molecule has 0 aromatic rings. The Labute approximate surface area is 100 Å². The Kier molecular flexibility index (Phi) is 3.80. The van der Waals surface area contributed by atoms with E-state index < -0.39 is 0 Å². The number of hydrogen-bond donors (Lipinski definition) is 2. The van der Waals surface area contributed by atoms with Crippen LogP contribution < -0.4 is 11.1 Å². The Bertz CT molecular complexity index is 310. The van der Waals surface area contributed by atoms with Gasteiger partial charge >= 0.3 is 5.97 Å². The number of nitrogens with one attached hydrogen (secondary N) is 1. The number of esters is 1. The molecule has 1 saturated heterocycles. The highest BCUT2D eigenvalue weighted by Crippen LogP contribution is 2.45. The van der Waals surface area contributed by atoms with Crippen LogP contribution in [0.4, 0.5) is 0 Å². The van der Waals surface area contributed by atoms with Crippen LogP contribution in [0.1, 0.15) is 25.7 Å². The fourth-order valence-electron chi connectivity index (χ4n) is 2.27. The molecular formula is C10H17ClN2O3. The quantitative estimate of drug-likeness (QED) is 0.687. The van der Waals surface area contributed by atoms with Gasteiger partial charge in [0.15, 0.2) is 0 Å². The van der Waals surface area contributed by atoms with Gasteiger partial charge in [0.1, 0.15) is 0 Å². The second kappa shape index (κ2) is 4.59. The molecule has 1 saturated carbocycles. The Morgan fingerprint density at radius 3 is 2.69 bits per heavy atom. The molecular weight excluding hydrogens is 232 g/mol. The third-order valence-corrected chi connectivity index (χ3v) is 3.41. The van der Waals surface area contributed by atoms with Crippen molar-refractivity contribution in [3.63, 3.8) is 0 Å². The summed E-state index contributed by atoms with van der Waals surface area (Å²) in [6, 6.07) is 0.101. The highest BCUT2D eigenvalue weighted by atomic mass is 35.5. The molecule has 0 unspecified atom stereocenters. The predicted octanol–water partition coefficient (Wildman–Crippen LogP) is -0.0327. The van der Waals surface area contributed by atoms with Crippen molar-refractivity contribution in [3.8, 4) is 0 Å². The van der Waals surface area contributed by atoms with Crippen molar-refractivity contribution in [1.29, 1.82) is 0 Å². The third-order valence-electron chi connectivity index (χ3n) is 3.41. The molecule has 1 heterocycles. The molecule has 1 aliphatic heterocycles. The van der Waals surface area contributed by atoms with E-state index in [1.54, 1.807) is 0 Å². The minimum Gasteiger partial charge on any atom is -0.469 e. The van der Waals surface area contributed by atoms with Crippen LogP contribution in [0.2, 0.25) is 0 Å². The normalized spacial score (nSPS) is 35.5. The monoisotopic (exact) mass is 248 g/mol. The minimum absolute atomic E-state index is 0. The van der Waals surface area contributed by atoms with E-state index >= 15 is 0 Å². The average molecular weight is 249 g/mol. The molecule has 3 atom stereocenters. The van der Waals surface area contributed by atoms with E-state index in [0.717, 1.165) is 12.8 Å². The molecule has 0 bridgehead atoms. The first kappa shape index (κ1) is 13.3. The van der Waals surface area contributed by atoms with E-state index in [4.69, 9.17) is 5.73 Å². The lowest BCUT2D eigenvalue weighted by molar-refractivity contribution is -0.141. The zero-order valence-electron chi connectivity index (χ0n) is 9.19. The number of nitrogens with two attached hydrogens (primary N) is 1. The minimum atomic E-state index is -0.260. The van der Waals surface area contributed by atoms with Gasteiger partial charge < -0.3 is 15.8 Å². The zero-order chi connectivity index (χ0) is 11.1. The smallest absolute Gasteiger partial charge is 0.305 e. The molecule has 0 aromatic carbocycles. The lowest BCUT2D eigenvalue weighted by atomic mass is 9.98. The SMILES string of the molecule is COC(=O)CC[C@@H]1C[C@@]2(C[C@@H]2N)NC1=O.Cl. The van der Waals surface area contributed by atoms with Crippen LogP contribution in [0.5, 0.6) is 0 Å². The van der Waals surface area contributed by atoms with Gasteiger partial charge in [-0.05, 0) is 19.3 Å². The topological polar surface area (TPSA) is 81.4 Å². The van der Waals surface area contributed by atoms with Crippen molar-refractivity contribution in [2.24, 2.45) is 11.7 Å². The number of rotatable bonds is 3. The highest BCUT2D eigenvalue weighted by molar-refractivity contribution is 5.85. The first-order valence-electron chi connectivity index (χ1n) is 5.22. The molecule has 0 radical (unpaired) electrons. The molecule has 5 nitrogen and oxygen atoms in total. The lowest BCUT2D eigenvalue weighted by Gasteiger charge is -2.06. The van der Waals surface area contributed by atoms with Gasteiger partial charge in [-0.1, -0.05) is 0 Å². The fourth-order valence-corrected chi connectivity index (χ4v) is 2.27. The van der Waals surface area contributed by atoms with Crippen LogP contribution in [-0.2, 0) is 14.3 Å². The molecule has 0 aromatic heterocycles. The van der Waals surface area contributed by atoms with E-state index in [1.807, 2.05) is 0 Å². The number of hydrogen-bond acceptors (Lipinski definition) is 4. The summed E-state index contributed by atoms with van der Waals surface area (Å²) >= 11 is 0. The van der Waals surface area contributed by atoms with Gasteiger partial charge in [-0.2, -0.15) is 0 Å². The van der Waals surface area contributed by atoms with Gasteiger partial charge in [-0.25, -0.2) is 0 Å². The molecule has 2 aliphatic rings. The molecule has 6 heteroatoms. The number of carbonyl (C=O) groups excluding carboxylic acids is 2. The second-order valence-electron chi connectivity index (χ2n) is 4.47. The van der Waals surface area contributed by atoms with Gasteiger partial charge in [-0.3, -0.25) is 9.59 Å². The molecule has 92 valence electrons. The van der Waals surface area contributed by atoms with Crippen molar-refractivity contribution >= 4 is 24.3 Å². The first-order valence-corrected chi connectivity index (χ1v) is 5.22. The summed E-state index contributed by atoms with van der Waals surface area (Å²) in [5.74, 6) is -0.298. The molecule has 2 rings (SSSR count). The van der Waals surface area contributed by atoms with Crippen LogP contribution in [0, 0.1) is 5.92 Å². The molecule has 1 spiro atoms. The van der Waals surface area contributed by atoms with E-state index in [-0.39, 0.29) is 41.8 Å². The highest BCUT2D eigenvalue weighted by Gasteiger charge is 2.58. The maximum absolute atomic E-state index is 11.6. The van der Waals surface area contributed by atoms with Gasteiger partial charge in [0.25, 0.3) is 0 Å². The van der Waals surface area contributed by atoms with Crippen molar-refractivity contribution in [2.45, 2.75) is 37.3 Å². The summed E-state index contributed by atoms with van der Waals surface area (Å²) in [4.78, 5) is 22.5. The molecule has 2 fully saturated rings. The van der Waals surface area contributed by atoms with Crippen LogP contribution >= 0.6 is 12.4 Å². The summed E-state index contributed by atoms with van der Waals surface area (Å²) in [6.07, 6.45) is 2.50. The number of carbonyl (C=O) groups is 2. The lowest BCUT2D eigenvalue weighted by Crippen LogP contribution is -2.33. The Morgan fingerprint density at radius 2 is 2.25 bits per heavy atom. The summed E-state index contributed by atoms with van der Waals surface area (Å²) in [5, 5.41) is 2.93. The second-order valence-corrected chi connectivity index (χ2v) is 4.47. The average Bonchev–Trinajstić information content (AvgIpc) is 2.68. The van der Waals surface area contributed by atoms with Gasteiger partial charge in [0.2, 0.25) is 5.91 Å². The summed E-state index contributed by atoms with van der Waals surface area (Å²) in [7, 11) is 1.36. The van der Waals surface area contributed by atoms with Crippen molar-refractivity contribution in [2.75, 3.05) is 7.11 Å². The fraction of sp³-hybridized carbons (Fsp3) is 0.800. The van der Waals surface area contributed by atoms with Crippen molar-refractivity contribution in [3.05, 3.63) is 0 Å². The first-order chi connectivity index (χ1) is 7.07. The Balaban J connectivity index is 0.00000128. The van der Waals surface area contributed by atoms with Crippen LogP contribution in [-0.4, -0.2) is 30.6 Å².